The zero-order valence-electron chi connectivity index (χ0n) is 10.9. The minimum atomic E-state index is -0.708. The van der Waals surface area contributed by atoms with Crippen molar-refractivity contribution < 1.29 is 14.5 Å². The number of nitro groups is 1. The van der Waals surface area contributed by atoms with Crippen molar-refractivity contribution in [1.82, 2.24) is 0 Å². The van der Waals surface area contributed by atoms with Gasteiger partial charge in [-0.2, -0.15) is 0 Å². The molecular weight excluding hydrogens is 250 g/mol. The molecule has 0 aliphatic heterocycles. The van der Waals surface area contributed by atoms with Crippen LogP contribution in [0.2, 0.25) is 0 Å². The lowest BCUT2D eigenvalue weighted by Crippen LogP contribution is -2.32. The molecule has 0 radical (unpaired) electrons. The number of benzene rings is 1. The Hall–Kier alpha value is -2.31. The second-order valence-electron chi connectivity index (χ2n) is 4.03. The number of anilines is 1. The monoisotopic (exact) mass is 267 g/mol. The van der Waals surface area contributed by atoms with Crippen LogP contribution in [0.5, 0.6) is 5.75 Å². The molecule has 0 aromatic heterocycles. The Morgan fingerprint density at radius 2 is 2.26 bits per heavy atom. The van der Waals surface area contributed by atoms with Gasteiger partial charge in [-0.3, -0.25) is 14.9 Å². The van der Waals surface area contributed by atoms with E-state index in [2.05, 4.69) is 5.32 Å². The average Bonchev–Trinajstić information content (AvgIpc) is 2.35. The molecule has 1 rings (SSSR count). The maximum atomic E-state index is 11.1. The highest BCUT2D eigenvalue weighted by molar-refractivity contribution is 5.84. The first-order valence-corrected chi connectivity index (χ1v) is 5.93. The van der Waals surface area contributed by atoms with Gasteiger partial charge in [0.05, 0.1) is 11.5 Å². The van der Waals surface area contributed by atoms with Gasteiger partial charge in [-0.05, 0) is 25.5 Å². The summed E-state index contributed by atoms with van der Waals surface area (Å²) < 4.78 is 5.33. The number of carbonyl (C=O) groups excluding carboxylic acids is 1. The van der Waals surface area contributed by atoms with Crippen molar-refractivity contribution in [3.8, 4) is 5.75 Å². The number of hydrogen-bond donors (Lipinski definition) is 2. The molecule has 1 aromatic carbocycles. The van der Waals surface area contributed by atoms with Crippen LogP contribution in [0.1, 0.15) is 20.3 Å². The van der Waals surface area contributed by atoms with Gasteiger partial charge in [0.2, 0.25) is 5.91 Å². The van der Waals surface area contributed by atoms with E-state index in [4.69, 9.17) is 10.5 Å². The van der Waals surface area contributed by atoms with Crippen molar-refractivity contribution in [2.24, 2.45) is 5.73 Å². The summed E-state index contributed by atoms with van der Waals surface area (Å²) in [5, 5.41) is 13.8. The molecule has 0 saturated carbocycles. The van der Waals surface area contributed by atoms with Crippen LogP contribution < -0.4 is 15.8 Å². The maximum absolute atomic E-state index is 11.1. The number of para-hydroxylation sites is 1. The number of nitrogens with one attached hydrogen (secondary N) is 1. The van der Waals surface area contributed by atoms with Crippen LogP contribution in [0.4, 0.5) is 11.4 Å². The van der Waals surface area contributed by atoms with E-state index in [9.17, 15) is 14.9 Å². The van der Waals surface area contributed by atoms with Crippen molar-refractivity contribution in [1.29, 1.82) is 0 Å². The highest BCUT2D eigenvalue weighted by atomic mass is 16.6. The second kappa shape index (κ2) is 6.58. The summed E-state index contributed by atoms with van der Waals surface area (Å²) in [6.45, 7) is 3.82. The molecule has 7 nitrogen and oxygen atoms in total. The third-order valence-corrected chi connectivity index (χ3v) is 2.44. The fourth-order valence-electron chi connectivity index (χ4n) is 1.46. The molecule has 0 spiro atoms. The lowest BCUT2D eigenvalue weighted by molar-refractivity contribution is -0.385. The topological polar surface area (TPSA) is 107 Å². The van der Waals surface area contributed by atoms with Gasteiger partial charge in [0.1, 0.15) is 11.7 Å². The zero-order chi connectivity index (χ0) is 14.4. The summed E-state index contributed by atoms with van der Waals surface area (Å²) in [7, 11) is 0. The lowest BCUT2D eigenvalue weighted by atomic mass is 10.2. The second-order valence-corrected chi connectivity index (χ2v) is 4.03. The van der Waals surface area contributed by atoms with Crippen molar-refractivity contribution in [3.63, 3.8) is 0 Å². The number of hydrogen-bond acceptors (Lipinski definition) is 5. The highest BCUT2D eigenvalue weighted by Crippen LogP contribution is 2.35. The summed E-state index contributed by atoms with van der Waals surface area (Å²) in [6.07, 6.45) is 0.743. The molecule has 0 aliphatic carbocycles. The zero-order valence-corrected chi connectivity index (χ0v) is 10.9. The number of rotatable bonds is 7. The Morgan fingerprint density at radius 1 is 1.58 bits per heavy atom. The molecule has 0 bridgehead atoms. The van der Waals surface area contributed by atoms with Crippen LogP contribution in [-0.2, 0) is 4.79 Å². The fourth-order valence-corrected chi connectivity index (χ4v) is 1.46. The van der Waals surface area contributed by atoms with E-state index in [-0.39, 0.29) is 17.1 Å². The molecule has 7 heteroatoms. The van der Waals surface area contributed by atoms with E-state index in [0.717, 1.165) is 6.42 Å². The Morgan fingerprint density at radius 3 is 2.79 bits per heavy atom. The van der Waals surface area contributed by atoms with E-state index in [0.29, 0.717) is 6.61 Å². The van der Waals surface area contributed by atoms with Gasteiger partial charge < -0.3 is 15.8 Å². The Kier molecular flexibility index (Phi) is 5.11. The van der Waals surface area contributed by atoms with Gasteiger partial charge in [0.25, 0.3) is 0 Å². The molecule has 104 valence electrons. The van der Waals surface area contributed by atoms with E-state index in [1.54, 1.807) is 6.07 Å². The van der Waals surface area contributed by atoms with Gasteiger partial charge in [0.15, 0.2) is 5.75 Å². The quantitative estimate of drug-likeness (QED) is 0.577. The first-order valence-electron chi connectivity index (χ1n) is 5.93. The SMILES string of the molecule is CCCOc1cccc(NC(C)C(N)=O)c1[N+](=O)[O-]. The molecule has 0 fully saturated rings. The molecule has 1 aromatic rings. The van der Waals surface area contributed by atoms with Crippen molar-refractivity contribution in [2.45, 2.75) is 26.3 Å². The van der Waals surface area contributed by atoms with E-state index >= 15 is 0 Å². The number of amides is 1. The number of nitrogens with two attached hydrogens (primary N) is 1. The summed E-state index contributed by atoms with van der Waals surface area (Å²) in [5.74, 6) is -0.414. The first-order chi connectivity index (χ1) is 8.97. The third kappa shape index (κ3) is 3.84. The van der Waals surface area contributed by atoms with Crippen LogP contribution in [0.15, 0.2) is 18.2 Å². The number of nitro benzene ring substituents is 1. The van der Waals surface area contributed by atoms with E-state index in [1.807, 2.05) is 6.92 Å². The molecule has 0 heterocycles. The number of ether oxygens (including phenoxy) is 1. The predicted octanol–water partition coefficient (Wildman–Crippen LogP) is 1.67. The average molecular weight is 267 g/mol. The molecular formula is C12H17N3O4. The van der Waals surface area contributed by atoms with Gasteiger partial charge in [-0.1, -0.05) is 13.0 Å². The summed E-state index contributed by atoms with van der Waals surface area (Å²) in [5.41, 5.74) is 5.15. The minimum Gasteiger partial charge on any atom is -0.487 e. The number of primary amides is 1. The number of nitrogens with zero attached hydrogens (tertiary/aromatic N) is 1. The molecule has 1 atom stereocenters. The minimum absolute atomic E-state index is 0.175. The van der Waals surface area contributed by atoms with Gasteiger partial charge in [-0.15, -0.1) is 0 Å². The van der Waals surface area contributed by atoms with Crippen molar-refractivity contribution in [2.75, 3.05) is 11.9 Å². The van der Waals surface area contributed by atoms with Crippen molar-refractivity contribution >= 4 is 17.3 Å². The smallest absolute Gasteiger partial charge is 0.333 e. The van der Waals surface area contributed by atoms with Crippen molar-refractivity contribution in [3.05, 3.63) is 28.3 Å². The largest absolute Gasteiger partial charge is 0.487 e. The molecule has 0 saturated heterocycles. The summed E-state index contributed by atoms with van der Waals surface area (Å²) in [4.78, 5) is 21.6. The van der Waals surface area contributed by atoms with Crippen LogP contribution in [0, 0.1) is 10.1 Å². The summed E-state index contributed by atoms with van der Waals surface area (Å²) >= 11 is 0. The third-order valence-electron chi connectivity index (χ3n) is 2.44. The Bertz CT molecular complexity index is 476. The summed E-state index contributed by atoms with van der Waals surface area (Å²) in [6, 6.07) is 3.94. The molecule has 1 unspecified atom stereocenters. The fraction of sp³-hybridized carbons (Fsp3) is 0.417. The van der Waals surface area contributed by atoms with Crippen LogP contribution in [0.3, 0.4) is 0 Å². The normalized spacial score (nSPS) is 11.7. The van der Waals surface area contributed by atoms with Gasteiger partial charge in [0, 0.05) is 0 Å². The molecule has 1 amide bonds. The molecule has 0 aliphatic rings. The lowest BCUT2D eigenvalue weighted by Gasteiger charge is -2.13. The van der Waals surface area contributed by atoms with E-state index < -0.39 is 16.9 Å². The number of carbonyl (C=O) groups is 1. The predicted molar refractivity (Wildman–Crippen MR) is 71.2 cm³/mol. The van der Waals surface area contributed by atoms with Crippen LogP contribution in [-0.4, -0.2) is 23.5 Å². The van der Waals surface area contributed by atoms with Gasteiger partial charge in [-0.25, -0.2) is 0 Å². The van der Waals surface area contributed by atoms with Gasteiger partial charge >= 0.3 is 5.69 Å². The molecule has 3 N–H and O–H groups in total. The molecule has 19 heavy (non-hydrogen) atoms. The Labute approximate surface area is 110 Å². The first kappa shape index (κ1) is 14.7. The standard InChI is InChI=1S/C12H17N3O4/c1-3-7-19-10-6-4-5-9(11(10)15(17)18)14-8(2)12(13)16/h4-6,8,14H,3,7H2,1-2H3,(H2,13,16). The Balaban J connectivity index is 3.09. The van der Waals surface area contributed by atoms with Crippen LogP contribution in [0.25, 0.3) is 0 Å². The highest BCUT2D eigenvalue weighted by Gasteiger charge is 2.23. The van der Waals surface area contributed by atoms with E-state index in [1.165, 1.54) is 19.1 Å². The van der Waals surface area contributed by atoms with Crippen LogP contribution >= 0.6 is 0 Å². The maximum Gasteiger partial charge on any atom is 0.333 e.